The van der Waals surface area contributed by atoms with Crippen molar-refractivity contribution in [1.82, 2.24) is 4.90 Å². The molecule has 0 heterocycles. The Morgan fingerprint density at radius 1 is 0.867 bits per heavy atom. The van der Waals surface area contributed by atoms with Crippen molar-refractivity contribution in [3.05, 3.63) is 29.8 Å². The fourth-order valence-electron chi connectivity index (χ4n) is 6.73. The minimum absolute atomic E-state index is 0.433. The second-order valence-corrected chi connectivity index (χ2v) is 10.8. The zero-order chi connectivity index (χ0) is 21.4. The van der Waals surface area contributed by atoms with Gasteiger partial charge in [-0.1, -0.05) is 71.4 Å². The average Bonchev–Trinajstić information content (AvgIpc) is 2.71. The van der Waals surface area contributed by atoms with E-state index in [0.29, 0.717) is 5.54 Å². The van der Waals surface area contributed by atoms with E-state index < -0.39 is 0 Å². The fourth-order valence-corrected chi connectivity index (χ4v) is 6.73. The van der Waals surface area contributed by atoms with Crippen molar-refractivity contribution >= 4 is 0 Å². The number of benzene rings is 1. The lowest BCUT2D eigenvalue weighted by Gasteiger charge is -2.55. The minimum Gasteiger partial charge on any atom is -0.497 e. The average molecular weight is 414 g/mol. The lowest BCUT2D eigenvalue weighted by molar-refractivity contribution is -0.0456. The molecular weight excluding hydrogens is 366 g/mol. The topological polar surface area (TPSA) is 12.5 Å². The molecule has 30 heavy (non-hydrogen) atoms. The zero-order valence-corrected chi connectivity index (χ0v) is 20.3. The highest BCUT2D eigenvalue weighted by Crippen LogP contribution is 2.50. The highest BCUT2D eigenvalue weighted by Gasteiger charge is 2.47. The zero-order valence-electron chi connectivity index (χ0n) is 20.3. The molecular formula is C28H47NO. The van der Waals surface area contributed by atoms with Crippen molar-refractivity contribution in [1.29, 1.82) is 0 Å². The molecule has 2 heteroatoms. The van der Waals surface area contributed by atoms with Gasteiger partial charge in [-0.2, -0.15) is 0 Å². The van der Waals surface area contributed by atoms with Crippen LogP contribution in [0.2, 0.25) is 0 Å². The van der Waals surface area contributed by atoms with E-state index in [1.54, 1.807) is 7.11 Å². The van der Waals surface area contributed by atoms with Crippen molar-refractivity contribution in [2.75, 3.05) is 13.7 Å². The second kappa shape index (κ2) is 11.6. The van der Waals surface area contributed by atoms with Crippen LogP contribution >= 0.6 is 0 Å². The first-order valence-electron chi connectivity index (χ1n) is 12.9. The van der Waals surface area contributed by atoms with Gasteiger partial charge in [0.15, 0.2) is 0 Å². The number of hydrogen-bond donors (Lipinski definition) is 0. The molecule has 2 nitrogen and oxygen atoms in total. The van der Waals surface area contributed by atoms with Crippen LogP contribution in [0.4, 0.5) is 0 Å². The van der Waals surface area contributed by atoms with Gasteiger partial charge >= 0.3 is 0 Å². The van der Waals surface area contributed by atoms with Crippen LogP contribution in [-0.2, 0) is 6.54 Å². The molecule has 0 saturated heterocycles. The number of unbranched alkanes of at least 4 members (excludes halogenated alkanes) is 6. The molecule has 0 radical (unpaired) electrons. The van der Waals surface area contributed by atoms with Crippen molar-refractivity contribution in [2.24, 2.45) is 17.8 Å². The van der Waals surface area contributed by atoms with Crippen LogP contribution in [0.1, 0.15) is 103 Å². The van der Waals surface area contributed by atoms with E-state index in [9.17, 15) is 0 Å². The van der Waals surface area contributed by atoms with Gasteiger partial charge in [-0.05, 0) is 80.5 Å². The minimum atomic E-state index is 0.433. The van der Waals surface area contributed by atoms with E-state index in [1.807, 2.05) is 0 Å². The Kier molecular flexibility index (Phi) is 9.11. The summed E-state index contributed by atoms with van der Waals surface area (Å²) >= 11 is 0. The van der Waals surface area contributed by atoms with Crippen molar-refractivity contribution in [3.8, 4) is 5.75 Å². The van der Waals surface area contributed by atoms with E-state index in [2.05, 4.69) is 49.9 Å². The number of ether oxygens (including phenoxy) is 1. The summed E-state index contributed by atoms with van der Waals surface area (Å²) in [5, 5.41) is 0. The Labute approximate surface area is 186 Å². The van der Waals surface area contributed by atoms with Gasteiger partial charge in [0.05, 0.1) is 7.11 Å². The molecule has 2 unspecified atom stereocenters. The largest absolute Gasteiger partial charge is 0.497 e. The monoisotopic (exact) mass is 413 g/mol. The van der Waals surface area contributed by atoms with Gasteiger partial charge in [0, 0.05) is 12.1 Å². The first kappa shape index (κ1) is 23.6. The predicted octanol–water partition coefficient (Wildman–Crippen LogP) is 7.85. The van der Waals surface area contributed by atoms with Gasteiger partial charge in [-0.15, -0.1) is 0 Å². The molecule has 2 fully saturated rings. The number of methoxy groups -OCH3 is 1. The van der Waals surface area contributed by atoms with E-state index in [4.69, 9.17) is 4.74 Å². The Balaban J connectivity index is 1.67. The summed E-state index contributed by atoms with van der Waals surface area (Å²) in [6.07, 6.45) is 16.9. The maximum absolute atomic E-state index is 5.39. The summed E-state index contributed by atoms with van der Waals surface area (Å²) in [6.45, 7) is 9.70. The number of fused-ring (bicyclic) bond motifs is 2. The molecule has 2 atom stereocenters. The summed E-state index contributed by atoms with van der Waals surface area (Å²) in [4.78, 5) is 2.93. The van der Waals surface area contributed by atoms with E-state index in [0.717, 1.165) is 30.0 Å². The molecule has 170 valence electrons. The highest BCUT2D eigenvalue weighted by atomic mass is 16.5. The molecule has 1 aromatic rings. The van der Waals surface area contributed by atoms with Crippen LogP contribution in [-0.4, -0.2) is 24.1 Å². The van der Waals surface area contributed by atoms with Gasteiger partial charge in [0.1, 0.15) is 5.75 Å². The lowest BCUT2D eigenvalue weighted by Crippen LogP contribution is -2.56. The fraction of sp³-hybridized carbons (Fsp3) is 0.786. The summed E-state index contributed by atoms with van der Waals surface area (Å²) in [5.41, 5.74) is 1.88. The van der Waals surface area contributed by atoms with E-state index in [1.165, 1.54) is 89.2 Å². The predicted molar refractivity (Wildman–Crippen MR) is 129 cm³/mol. The Morgan fingerprint density at radius 3 is 2.07 bits per heavy atom. The summed E-state index contributed by atoms with van der Waals surface area (Å²) in [7, 11) is 1.76. The molecule has 2 saturated carbocycles. The third-order valence-corrected chi connectivity index (χ3v) is 7.83. The highest BCUT2D eigenvalue weighted by molar-refractivity contribution is 5.27. The number of rotatable bonds is 12. The lowest BCUT2D eigenvalue weighted by atomic mass is 9.60. The second-order valence-electron chi connectivity index (χ2n) is 10.8. The van der Waals surface area contributed by atoms with E-state index >= 15 is 0 Å². The molecule has 3 rings (SSSR count). The van der Waals surface area contributed by atoms with Crippen LogP contribution < -0.4 is 4.74 Å². The number of nitrogens with zero attached hydrogens (tertiary/aromatic N) is 1. The third-order valence-electron chi connectivity index (χ3n) is 7.83. The van der Waals surface area contributed by atoms with E-state index in [-0.39, 0.29) is 0 Å². The molecule has 0 N–H and O–H groups in total. The molecule has 1 aromatic carbocycles. The number of hydrogen-bond acceptors (Lipinski definition) is 2. The molecule has 2 bridgehead atoms. The maximum Gasteiger partial charge on any atom is 0.118 e. The Hall–Kier alpha value is -1.02. The van der Waals surface area contributed by atoms with Crippen LogP contribution in [0.5, 0.6) is 5.75 Å². The van der Waals surface area contributed by atoms with Crippen LogP contribution in [0, 0.1) is 17.8 Å². The van der Waals surface area contributed by atoms with Crippen LogP contribution in [0.3, 0.4) is 0 Å². The van der Waals surface area contributed by atoms with Crippen molar-refractivity contribution < 1.29 is 4.74 Å². The summed E-state index contributed by atoms with van der Waals surface area (Å²) in [6, 6.07) is 8.83. The van der Waals surface area contributed by atoms with Crippen molar-refractivity contribution in [3.63, 3.8) is 0 Å². The standard InChI is InChI=1S/C28H47NO/c1-5-6-7-8-9-10-11-16-29(22-25-12-14-27(30-4)15-13-25)28-19-23(2)17-26(21-28)18-24(3)20-28/h12-15,23-24,26H,5-11,16-22H2,1-4H3. The van der Waals surface area contributed by atoms with Gasteiger partial charge in [-0.3, -0.25) is 4.90 Å². The van der Waals surface area contributed by atoms with Gasteiger partial charge in [-0.25, -0.2) is 0 Å². The molecule has 0 aromatic heterocycles. The van der Waals surface area contributed by atoms with Crippen LogP contribution in [0.25, 0.3) is 0 Å². The van der Waals surface area contributed by atoms with Gasteiger partial charge < -0.3 is 4.74 Å². The van der Waals surface area contributed by atoms with Crippen LogP contribution in [0.15, 0.2) is 24.3 Å². The molecule has 0 amide bonds. The Bertz CT molecular complexity index is 590. The maximum atomic E-state index is 5.39. The summed E-state index contributed by atoms with van der Waals surface area (Å²) < 4.78 is 5.39. The van der Waals surface area contributed by atoms with Crippen molar-refractivity contribution in [2.45, 2.75) is 110 Å². The SMILES string of the molecule is CCCCCCCCCN(Cc1ccc(OC)cc1)C12CC(C)CC(CC(C)C1)C2. The third kappa shape index (κ3) is 6.49. The normalized spacial score (nSPS) is 28.6. The molecule has 0 aliphatic heterocycles. The first-order valence-corrected chi connectivity index (χ1v) is 12.9. The summed E-state index contributed by atoms with van der Waals surface area (Å²) in [5.74, 6) is 3.67. The quantitative estimate of drug-likeness (QED) is 0.323. The molecule has 2 aliphatic rings. The molecule has 2 aliphatic carbocycles. The smallest absolute Gasteiger partial charge is 0.118 e. The molecule has 0 spiro atoms. The van der Waals surface area contributed by atoms with Gasteiger partial charge in [0.25, 0.3) is 0 Å². The first-order chi connectivity index (χ1) is 14.5. The van der Waals surface area contributed by atoms with Gasteiger partial charge in [0.2, 0.25) is 0 Å². The Morgan fingerprint density at radius 2 is 1.47 bits per heavy atom.